The minimum Gasteiger partial charge on any atom is -0.389 e. The smallest absolute Gasteiger partial charge is 0.240 e. The zero-order valence-corrected chi connectivity index (χ0v) is 12.4. The van der Waals surface area contributed by atoms with Gasteiger partial charge in [-0.2, -0.15) is 0 Å². The summed E-state index contributed by atoms with van der Waals surface area (Å²) >= 11 is 4.84. The van der Waals surface area contributed by atoms with Crippen LogP contribution in [0.5, 0.6) is 0 Å². The number of thiocarbonyl (C=S) groups is 1. The molecule has 6 heteroatoms. The predicted octanol–water partition coefficient (Wildman–Crippen LogP) is 1.79. The van der Waals surface area contributed by atoms with Gasteiger partial charge in [0.25, 0.3) is 0 Å². The number of hydrogen-bond acceptors (Lipinski definition) is 3. The minimum absolute atomic E-state index is 0.0419. The van der Waals surface area contributed by atoms with Crippen LogP contribution in [0.15, 0.2) is 29.2 Å². The van der Waals surface area contributed by atoms with E-state index in [0.717, 1.165) is 19.3 Å². The average molecular weight is 298 g/mol. The monoisotopic (exact) mass is 298 g/mol. The summed E-state index contributed by atoms with van der Waals surface area (Å²) in [5.41, 5.74) is 6.16. The highest BCUT2D eigenvalue weighted by molar-refractivity contribution is 7.89. The van der Waals surface area contributed by atoms with Gasteiger partial charge in [-0.1, -0.05) is 37.7 Å². The number of benzene rings is 1. The Morgan fingerprint density at radius 1 is 1.32 bits per heavy atom. The third-order valence-electron chi connectivity index (χ3n) is 3.62. The van der Waals surface area contributed by atoms with E-state index in [1.807, 2.05) is 0 Å². The van der Waals surface area contributed by atoms with E-state index >= 15 is 0 Å². The first-order valence-electron chi connectivity index (χ1n) is 6.32. The molecule has 0 saturated heterocycles. The molecule has 3 N–H and O–H groups in total. The summed E-state index contributed by atoms with van der Waals surface area (Å²) in [6, 6.07) is 6.39. The van der Waals surface area contributed by atoms with Crippen LogP contribution in [-0.4, -0.2) is 19.4 Å². The Balaban J connectivity index is 2.17. The molecule has 2 atom stereocenters. The number of rotatable bonds is 4. The SMILES string of the molecule is CC1CCCC1NS(=O)(=O)c1ccc(C(N)=S)cc1. The minimum atomic E-state index is -3.45. The third-order valence-corrected chi connectivity index (χ3v) is 5.36. The molecule has 19 heavy (non-hydrogen) atoms. The van der Waals surface area contributed by atoms with Gasteiger partial charge in [0, 0.05) is 11.6 Å². The van der Waals surface area contributed by atoms with Crippen LogP contribution in [0, 0.1) is 5.92 Å². The number of nitrogens with one attached hydrogen (secondary N) is 1. The summed E-state index contributed by atoms with van der Waals surface area (Å²) in [5, 5.41) is 0. The summed E-state index contributed by atoms with van der Waals surface area (Å²) in [6.07, 6.45) is 3.06. The van der Waals surface area contributed by atoms with Crippen molar-refractivity contribution in [1.82, 2.24) is 4.72 Å². The van der Waals surface area contributed by atoms with E-state index in [2.05, 4.69) is 11.6 Å². The van der Waals surface area contributed by atoms with Crippen molar-refractivity contribution in [1.29, 1.82) is 0 Å². The van der Waals surface area contributed by atoms with Gasteiger partial charge < -0.3 is 5.73 Å². The van der Waals surface area contributed by atoms with Crippen LogP contribution in [0.2, 0.25) is 0 Å². The molecule has 1 fully saturated rings. The maximum atomic E-state index is 12.2. The first kappa shape index (κ1) is 14.4. The van der Waals surface area contributed by atoms with Gasteiger partial charge in [0.05, 0.1) is 4.90 Å². The molecule has 0 aromatic heterocycles. The largest absolute Gasteiger partial charge is 0.389 e. The first-order chi connectivity index (χ1) is 8.90. The highest BCUT2D eigenvalue weighted by atomic mass is 32.2. The highest BCUT2D eigenvalue weighted by Gasteiger charge is 2.28. The molecular formula is C13H18N2O2S2. The lowest BCUT2D eigenvalue weighted by Gasteiger charge is -2.17. The standard InChI is InChI=1S/C13H18N2O2S2/c1-9-3-2-4-12(9)15-19(16,17)11-7-5-10(6-8-11)13(14)18/h5-9,12,15H,2-4H2,1H3,(H2,14,18). The Labute approximate surface area is 119 Å². The van der Waals surface area contributed by atoms with Gasteiger partial charge in [-0.05, 0) is 30.9 Å². The van der Waals surface area contributed by atoms with E-state index in [4.69, 9.17) is 18.0 Å². The maximum absolute atomic E-state index is 12.2. The molecule has 0 heterocycles. The number of nitrogens with two attached hydrogens (primary N) is 1. The molecule has 0 aliphatic heterocycles. The van der Waals surface area contributed by atoms with Crippen molar-refractivity contribution >= 4 is 27.2 Å². The Morgan fingerprint density at radius 2 is 1.95 bits per heavy atom. The van der Waals surface area contributed by atoms with Crippen LogP contribution in [0.4, 0.5) is 0 Å². The molecule has 1 aromatic rings. The van der Waals surface area contributed by atoms with E-state index in [1.165, 1.54) is 12.1 Å². The zero-order valence-electron chi connectivity index (χ0n) is 10.8. The van der Waals surface area contributed by atoms with Gasteiger partial charge in [0.1, 0.15) is 4.99 Å². The van der Waals surface area contributed by atoms with Crippen LogP contribution >= 0.6 is 12.2 Å². The Kier molecular flexibility index (Phi) is 4.23. The van der Waals surface area contributed by atoms with Gasteiger partial charge in [0.2, 0.25) is 10.0 Å². The van der Waals surface area contributed by atoms with Crippen molar-refractivity contribution < 1.29 is 8.42 Å². The first-order valence-corrected chi connectivity index (χ1v) is 8.21. The molecule has 0 bridgehead atoms. The molecule has 0 radical (unpaired) electrons. The van der Waals surface area contributed by atoms with Crippen molar-refractivity contribution in [2.24, 2.45) is 11.7 Å². The quantitative estimate of drug-likeness (QED) is 0.831. The van der Waals surface area contributed by atoms with Crippen LogP contribution in [0.25, 0.3) is 0 Å². The second-order valence-corrected chi connectivity index (χ2v) is 7.18. The van der Waals surface area contributed by atoms with E-state index < -0.39 is 10.0 Å². The molecular weight excluding hydrogens is 280 g/mol. The molecule has 0 spiro atoms. The molecule has 1 aliphatic carbocycles. The van der Waals surface area contributed by atoms with Crippen molar-refractivity contribution in [3.63, 3.8) is 0 Å². The second-order valence-electron chi connectivity index (χ2n) is 5.02. The van der Waals surface area contributed by atoms with Gasteiger partial charge in [0.15, 0.2) is 0 Å². The van der Waals surface area contributed by atoms with Crippen LogP contribution < -0.4 is 10.5 Å². The summed E-state index contributed by atoms with van der Waals surface area (Å²) in [5.74, 6) is 0.394. The summed E-state index contributed by atoms with van der Waals surface area (Å²) in [6.45, 7) is 2.08. The molecule has 1 aromatic carbocycles. The van der Waals surface area contributed by atoms with Crippen molar-refractivity contribution in [2.45, 2.75) is 37.1 Å². The Hall–Kier alpha value is -0.980. The van der Waals surface area contributed by atoms with Crippen molar-refractivity contribution in [3.05, 3.63) is 29.8 Å². The lowest BCUT2D eigenvalue weighted by Crippen LogP contribution is -2.36. The van der Waals surface area contributed by atoms with Crippen LogP contribution in [-0.2, 0) is 10.0 Å². The van der Waals surface area contributed by atoms with Gasteiger partial charge in [-0.3, -0.25) is 0 Å². The lowest BCUT2D eigenvalue weighted by atomic mass is 10.1. The van der Waals surface area contributed by atoms with Gasteiger partial charge >= 0.3 is 0 Å². The normalized spacial score (nSPS) is 23.4. The van der Waals surface area contributed by atoms with E-state index in [9.17, 15) is 8.42 Å². The second kappa shape index (κ2) is 5.56. The maximum Gasteiger partial charge on any atom is 0.240 e. The van der Waals surface area contributed by atoms with Gasteiger partial charge in [-0.25, -0.2) is 13.1 Å². The van der Waals surface area contributed by atoms with Crippen molar-refractivity contribution in [2.75, 3.05) is 0 Å². The highest BCUT2D eigenvalue weighted by Crippen LogP contribution is 2.26. The van der Waals surface area contributed by atoms with E-state index in [-0.39, 0.29) is 15.9 Å². The van der Waals surface area contributed by atoms with Crippen LogP contribution in [0.3, 0.4) is 0 Å². The zero-order chi connectivity index (χ0) is 14.0. The Morgan fingerprint density at radius 3 is 2.42 bits per heavy atom. The fourth-order valence-corrected chi connectivity index (χ4v) is 3.90. The summed E-state index contributed by atoms with van der Waals surface area (Å²) < 4.78 is 27.3. The van der Waals surface area contributed by atoms with Crippen molar-refractivity contribution in [3.8, 4) is 0 Å². The fourth-order valence-electron chi connectivity index (χ4n) is 2.39. The van der Waals surface area contributed by atoms with Gasteiger partial charge in [-0.15, -0.1) is 0 Å². The number of sulfonamides is 1. The average Bonchev–Trinajstić information content (AvgIpc) is 2.74. The molecule has 2 rings (SSSR count). The molecule has 1 aliphatic rings. The molecule has 0 amide bonds. The third kappa shape index (κ3) is 3.32. The predicted molar refractivity (Wildman–Crippen MR) is 79.5 cm³/mol. The van der Waals surface area contributed by atoms with E-state index in [0.29, 0.717) is 11.5 Å². The lowest BCUT2D eigenvalue weighted by molar-refractivity contribution is 0.476. The fraction of sp³-hybridized carbons (Fsp3) is 0.462. The summed E-state index contributed by atoms with van der Waals surface area (Å²) in [7, 11) is -3.45. The topological polar surface area (TPSA) is 72.2 Å². The summed E-state index contributed by atoms with van der Waals surface area (Å²) in [4.78, 5) is 0.521. The molecule has 1 saturated carbocycles. The van der Waals surface area contributed by atoms with Crippen LogP contribution in [0.1, 0.15) is 31.7 Å². The molecule has 4 nitrogen and oxygen atoms in total. The molecule has 2 unspecified atom stereocenters. The Bertz CT molecular complexity index is 567. The number of hydrogen-bond donors (Lipinski definition) is 2. The molecule has 104 valence electrons. The van der Waals surface area contributed by atoms with E-state index in [1.54, 1.807) is 12.1 Å².